The average Bonchev–Trinajstić information content (AvgIpc) is 3.05. The molecule has 23 heavy (non-hydrogen) atoms. The molecule has 124 valence electrons. The van der Waals surface area contributed by atoms with Gasteiger partial charge in [0.15, 0.2) is 0 Å². The molecule has 1 aliphatic carbocycles. The molecule has 3 rings (SSSR count). The second-order valence-electron chi connectivity index (χ2n) is 6.42. The summed E-state index contributed by atoms with van der Waals surface area (Å²) in [5, 5.41) is 12.8. The lowest BCUT2D eigenvalue weighted by molar-refractivity contribution is -0.128. The van der Waals surface area contributed by atoms with Gasteiger partial charge in [-0.15, -0.1) is 0 Å². The van der Waals surface area contributed by atoms with Crippen molar-refractivity contribution in [3.05, 3.63) is 35.6 Å². The van der Waals surface area contributed by atoms with Gasteiger partial charge in [0.1, 0.15) is 5.82 Å². The van der Waals surface area contributed by atoms with Crippen LogP contribution in [0.15, 0.2) is 24.3 Å². The SMILES string of the molecule is CN1C(=O)CC(NC(=O)C2CCCC2O)C1c1ccc(F)cc1. The van der Waals surface area contributed by atoms with Gasteiger partial charge in [0, 0.05) is 13.5 Å². The maximum absolute atomic E-state index is 13.1. The van der Waals surface area contributed by atoms with E-state index in [0.29, 0.717) is 12.8 Å². The van der Waals surface area contributed by atoms with Gasteiger partial charge in [0.25, 0.3) is 0 Å². The smallest absolute Gasteiger partial charge is 0.226 e. The largest absolute Gasteiger partial charge is 0.392 e. The van der Waals surface area contributed by atoms with Gasteiger partial charge in [0.2, 0.25) is 11.8 Å². The van der Waals surface area contributed by atoms with E-state index in [1.807, 2.05) is 0 Å². The summed E-state index contributed by atoms with van der Waals surface area (Å²) in [7, 11) is 1.69. The Labute approximate surface area is 134 Å². The predicted octanol–water partition coefficient (Wildman–Crippen LogP) is 1.37. The van der Waals surface area contributed by atoms with Gasteiger partial charge in [-0.2, -0.15) is 0 Å². The minimum atomic E-state index is -0.603. The number of aliphatic hydroxyl groups is 1. The molecule has 1 aromatic rings. The molecule has 4 unspecified atom stereocenters. The third-order valence-corrected chi connectivity index (χ3v) is 4.94. The van der Waals surface area contributed by atoms with E-state index in [1.54, 1.807) is 24.1 Å². The Morgan fingerprint density at radius 2 is 2.00 bits per heavy atom. The fraction of sp³-hybridized carbons (Fsp3) is 0.529. The van der Waals surface area contributed by atoms with Crippen LogP contribution in [-0.4, -0.2) is 41.0 Å². The molecule has 0 radical (unpaired) electrons. The van der Waals surface area contributed by atoms with Crippen LogP contribution in [0.25, 0.3) is 0 Å². The van der Waals surface area contributed by atoms with E-state index in [-0.39, 0.29) is 36.1 Å². The molecule has 4 atom stereocenters. The fourth-order valence-corrected chi connectivity index (χ4v) is 3.65. The number of rotatable bonds is 3. The Kier molecular flexibility index (Phi) is 4.35. The summed E-state index contributed by atoms with van der Waals surface area (Å²) in [6.07, 6.45) is 1.76. The summed E-state index contributed by atoms with van der Waals surface area (Å²) >= 11 is 0. The fourth-order valence-electron chi connectivity index (χ4n) is 3.65. The number of nitrogens with zero attached hydrogens (tertiary/aromatic N) is 1. The van der Waals surface area contributed by atoms with Crippen molar-refractivity contribution < 1.29 is 19.1 Å². The summed E-state index contributed by atoms with van der Waals surface area (Å²) in [5.74, 6) is -0.993. The van der Waals surface area contributed by atoms with Crippen LogP contribution < -0.4 is 5.32 Å². The van der Waals surface area contributed by atoms with Crippen molar-refractivity contribution in [3.8, 4) is 0 Å². The van der Waals surface area contributed by atoms with Crippen LogP contribution in [0.5, 0.6) is 0 Å². The lowest BCUT2D eigenvalue weighted by atomic mass is 9.98. The second kappa shape index (κ2) is 6.28. The molecule has 0 aromatic heterocycles. The van der Waals surface area contributed by atoms with Gasteiger partial charge in [-0.25, -0.2) is 4.39 Å². The van der Waals surface area contributed by atoms with E-state index in [0.717, 1.165) is 12.0 Å². The maximum Gasteiger partial charge on any atom is 0.226 e. The van der Waals surface area contributed by atoms with Gasteiger partial charge < -0.3 is 15.3 Å². The number of aliphatic hydroxyl groups excluding tert-OH is 1. The lowest BCUT2D eigenvalue weighted by Crippen LogP contribution is -2.43. The Morgan fingerprint density at radius 1 is 1.30 bits per heavy atom. The zero-order valence-corrected chi connectivity index (χ0v) is 13.0. The lowest BCUT2D eigenvalue weighted by Gasteiger charge is -2.27. The van der Waals surface area contributed by atoms with Crippen molar-refractivity contribution in [2.24, 2.45) is 5.92 Å². The Morgan fingerprint density at radius 3 is 2.61 bits per heavy atom. The standard InChI is InChI=1S/C17H21FN2O3/c1-20-15(22)9-13(16(20)10-5-7-11(18)8-6-10)19-17(23)12-3-2-4-14(12)21/h5-8,12-14,16,21H,2-4,9H2,1H3,(H,19,23). The van der Waals surface area contributed by atoms with Gasteiger partial charge >= 0.3 is 0 Å². The monoisotopic (exact) mass is 320 g/mol. The van der Waals surface area contributed by atoms with E-state index in [2.05, 4.69) is 5.32 Å². The summed E-state index contributed by atoms with van der Waals surface area (Å²) in [6, 6.07) is 5.30. The molecule has 1 aliphatic heterocycles. The Balaban J connectivity index is 1.77. The molecule has 1 saturated heterocycles. The van der Waals surface area contributed by atoms with E-state index in [4.69, 9.17) is 0 Å². The van der Waals surface area contributed by atoms with Crippen LogP contribution in [-0.2, 0) is 9.59 Å². The third-order valence-electron chi connectivity index (χ3n) is 4.94. The van der Waals surface area contributed by atoms with Crippen LogP contribution in [0.2, 0.25) is 0 Å². The zero-order chi connectivity index (χ0) is 16.6. The van der Waals surface area contributed by atoms with Crippen molar-refractivity contribution in [2.45, 2.75) is 43.9 Å². The number of likely N-dealkylation sites (N-methyl/N-ethyl adjacent to an activating group) is 1. The third kappa shape index (κ3) is 3.08. The number of amides is 2. The van der Waals surface area contributed by atoms with E-state index < -0.39 is 12.0 Å². The van der Waals surface area contributed by atoms with Crippen molar-refractivity contribution in [1.82, 2.24) is 10.2 Å². The minimum Gasteiger partial charge on any atom is -0.392 e. The van der Waals surface area contributed by atoms with Crippen LogP contribution in [0.1, 0.15) is 37.3 Å². The molecule has 5 nitrogen and oxygen atoms in total. The first-order chi connectivity index (χ1) is 11.0. The number of halogens is 1. The highest BCUT2D eigenvalue weighted by atomic mass is 19.1. The predicted molar refractivity (Wildman–Crippen MR) is 81.8 cm³/mol. The van der Waals surface area contributed by atoms with Crippen molar-refractivity contribution in [1.29, 1.82) is 0 Å². The summed E-state index contributed by atoms with van der Waals surface area (Å²) in [4.78, 5) is 26.0. The van der Waals surface area contributed by atoms with Gasteiger partial charge in [-0.1, -0.05) is 12.1 Å². The van der Waals surface area contributed by atoms with Crippen LogP contribution in [0.4, 0.5) is 4.39 Å². The van der Waals surface area contributed by atoms with Gasteiger partial charge in [-0.3, -0.25) is 9.59 Å². The van der Waals surface area contributed by atoms with Crippen LogP contribution in [0.3, 0.4) is 0 Å². The minimum absolute atomic E-state index is 0.0587. The highest BCUT2D eigenvalue weighted by Crippen LogP contribution is 2.33. The number of carbonyl (C=O) groups excluding carboxylic acids is 2. The molecule has 2 amide bonds. The molecule has 2 fully saturated rings. The van der Waals surface area contributed by atoms with E-state index in [9.17, 15) is 19.1 Å². The molecule has 0 spiro atoms. The van der Waals surface area contributed by atoms with Crippen LogP contribution >= 0.6 is 0 Å². The van der Waals surface area contributed by atoms with Crippen LogP contribution in [0, 0.1) is 11.7 Å². The first kappa shape index (κ1) is 15.9. The van der Waals surface area contributed by atoms with E-state index >= 15 is 0 Å². The Hall–Kier alpha value is -1.95. The summed E-state index contributed by atoms with van der Waals surface area (Å²) in [5.41, 5.74) is 0.789. The molecular formula is C17H21FN2O3. The normalized spacial score (nSPS) is 30.7. The molecule has 2 N–H and O–H groups in total. The molecule has 1 heterocycles. The first-order valence-electron chi connectivity index (χ1n) is 7.97. The van der Waals surface area contributed by atoms with E-state index in [1.165, 1.54) is 12.1 Å². The molecule has 6 heteroatoms. The van der Waals surface area contributed by atoms with Crippen molar-refractivity contribution in [2.75, 3.05) is 7.05 Å². The number of nitrogens with one attached hydrogen (secondary N) is 1. The zero-order valence-electron chi connectivity index (χ0n) is 13.0. The van der Waals surface area contributed by atoms with Crippen molar-refractivity contribution >= 4 is 11.8 Å². The second-order valence-corrected chi connectivity index (χ2v) is 6.42. The number of carbonyl (C=O) groups is 2. The van der Waals surface area contributed by atoms with Crippen molar-refractivity contribution in [3.63, 3.8) is 0 Å². The average molecular weight is 320 g/mol. The van der Waals surface area contributed by atoms with Gasteiger partial charge in [0.05, 0.1) is 24.1 Å². The number of benzene rings is 1. The molecule has 1 aromatic carbocycles. The molecule has 1 saturated carbocycles. The molecule has 0 bridgehead atoms. The Bertz CT molecular complexity index is 604. The molecule has 2 aliphatic rings. The summed E-state index contributed by atoms with van der Waals surface area (Å²) in [6.45, 7) is 0. The highest BCUT2D eigenvalue weighted by Gasteiger charge is 2.41. The number of likely N-dealkylation sites (tertiary alicyclic amines) is 1. The van der Waals surface area contributed by atoms with Gasteiger partial charge in [-0.05, 0) is 37.0 Å². The number of hydrogen-bond donors (Lipinski definition) is 2. The maximum atomic E-state index is 13.1. The summed E-state index contributed by atoms with van der Waals surface area (Å²) < 4.78 is 13.1. The first-order valence-corrected chi connectivity index (χ1v) is 7.97. The quantitative estimate of drug-likeness (QED) is 0.884. The highest BCUT2D eigenvalue weighted by molar-refractivity contribution is 5.84. The number of hydrogen-bond acceptors (Lipinski definition) is 3. The topological polar surface area (TPSA) is 69.6 Å². The molecular weight excluding hydrogens is 299 g/mol.